The van der Waals surface area contributed by atoms with Crippen molar-refractivity contribution < 1.29 is 28.0 Å². The molecule has 1 aromatic heterocycles. The molecule has 10 nitrogen and oxygen atoms in total. The molecule has 11 heteroatoms. The molecule has 4 amide bonds. The second-order valence-electron chi connectivity index (χ2n) is 10.1. The molecule has 0 unspecified atom stereocenters. The minimum Gasteiger partial charge on any atom is -0.372 e. The maximum absolute atomic E-state index is 16.2. The third kappa shape index (κ3) is 3.17. The summed E-state index contributed by atoms with van der Waals surface area (Å²) in [6.45, 7) is 5.50. The number of aromatic nitrogens is 1. The lowest BCUT2D eigenvalue weighted by Crippen LogP contribution is -2.75. The Morgan fingerprint density at radius 2 is 1.77 bits per heavy atom. The van der Waals surface area contributed by atoms with Crippen LogP contribution < -0.4 is 20.4 Å². The molecule has 1 aromatic carbocycles. The molecule has 4 aliphatic heterocycles. The van der Waals surface area contributed by atoms with Crippen LogP contribution in [-0.4, -0.2) is 60.9 Å². The highest BCUT2D eigenvalue weighted by atomic mass is 19.1. The number of hydrogen-bond acceptors (Lipinski definition) is 8. The number of barbiturate groups is 1. The zero-order valence-electron chi connectivity index (χ0n) is 19.7. The Bertz CT molecular complexity index is 1220. The number of rotatable bonds is 1. The van der Waals surface area contributed by atoms with Crippen LogP contribution in [0.2, 0.25) is 0 Å². The van der Waals surface area contributed by atoms with E-state index in [4.69, 9.17) is 9.26 Å². The SMILES string of the molecule is C[C@@H]1CN2c3c(cc4c(N5CCCCCC5)noc4c3F)CC3(C(=O)NC(=O)NC3=O)[C@H]2[C@H](C)O1. The Morgan fingerprint density at radius 1 is 1.09 bits per heavy atom. The number of benzene rings is 1. The van der Waals surface area contributed by atoms with Gasteiger partial charge in [0.25, 0.3) is 0 Å². The fourth-order valence-corrected chi connectivity index (χ4v) is 6.45. The average Bonchev–Trinajstić information content (AvgIpc) is 3.03. The molecule has 5 heterocycles. The smallest absolute Gasteiger partial charge is 0.328 e. The third-order valence-electron chi connectivity index (χ3n) is 7.85. The minimum absolute atomic E-state index is 0.0669. The van der Waals surface area contributed by atoms with Gasteiger partial charge in [-0.15, -0.1) is 0 Å². The lowest BCUT2D eigenvalue weighted by atomic mass is 9.66. The number of halogens is 1. The highest BCUT2D eigenvalue weighted by Gasteiger charge is 2.63. The quantitative estimate of drug-likeness (QED) is 0.591. The van der Waals surface area contributed by atoms with Gasteiger partial charge in [0.1, 0.15) is 0 Å². The van der Waals surface area contributed by atoms with Gasteiger partial charge in [-0.25, -0.2) is 9.18 Å². The zero-order chi connectivity index (χ0) is 24.5. The number of carbonyl (C=O) groups is 3. The number of carbonyl (C=O) groups excluding carboxylic acids is 3. The van der Waals surface area contributed by atoms with Crippen molar-refractivity contribution in [3.63, 3.8) is 0 Å². The van der Waals surface area contributed by atoms with Crippen molar-refractivity contribution in [2.45, 2.75) is 64.2 Å². The Hall–Kier alpha value is -3.21. The van der Waals surface area contributed by atoms with E-state index < -0.39 is 41.2 Å². The number of fused-ring (bicyclic) bond motifs is 5. The summed E-state index contributed by atoms with van der Waals surface area (Å²) in [6, 6.07) is 0.133. The summed E-state index contributed by atoms with van der Waals surface area (Å²) in [5.41, 5.74) is -0.782. The van der Waals surface area contributed by atoms with E-state index in [0.29, 0.717) is 22.5 Å². The fraction of sp³-hybridized carbons (Fsp3) is 0.583. The standard InChI is InChI=1S/C24H28FN5O5/c1-12-11-30-17-14(10-24(19(30)13(2)34-12)21(31)26-23(33)27-22(24)32)9-15-18(16(17)25)35-28-20(15)29-7-5-3-4-6-8-29/h9,12-13,19H,3-8,10-11H2,1-2H3,(H2,26,27,31,32,33)/t12-,13+,19-/m1/s1. The summed E-state index contributed by atoms with van der Waals surface area (Å²) in [5, 5.41) is 9.28. The Labute approximate surface area is 201 Å². The van der Waals surface area contributed by atoms with Crippen molar-refractivity contribution in [3.8, 4) is 0 Å². The number of amides is 4. The molecule has 2 N–H and O–H groups in total. The Kier molecular flexibility index (Phi) is 5.03. The van der Waals surface area contributed by atoms with Crippen molar-refractivity contribution >= 4 is 40.3 Å². The van der Waals surface area contributed by atoms with Gasteiger partial charge in [0.15, 0.2) is 17.1 Å². The van der Waals surface area contributed by atoms with Crippen LogP contribution in [0.5, 0.6) is 0 Å². The molecule has 4 aliphatic rings. The maximum Gasteiger partial charge on any atom is 0.328 e. The topological polar surface area (TPSA) is 117 Å². The summed E-state index contributed by atoms with van der Waals surface area (Å²) >= 11 is 0. The summed E-state index contributed by atoms with van der Waals surface area (Å²) in [4.78, 5) is 42.4. The van der Waals surface area contributed by atoms with Crippen molar-refractivity contribution in [1.29, 1.82) is 0 Å². The van der Waals surface area contributed by atoms with Gasteiger partial charge in [0.05, 0.1) is 29.3 Å². The van der Waals surface area contributed by atoms with E-state index in [1.165, 1.54) is 0 Å². The van der Waals surface area contributed by atoms with Gasteiger partial charge < -0.3 is 19.1 Å². The molecule has 3 fully saturated rings. The van der Waals surface area contributed by atoms with Crippen LogP contribution in [-0.2, 0) is 20.7 Å². The second kappa shape index (κ2) is 7.91. The van der Waals surface area contributed by atoms with E-state index in [-0.39, 0.29) is 24.7 Å². The van der Waals surface area contributed by atoms with Crippen LogP contribution >= 0.6 is 0 Å². The summed E-state index contributed by atoms with van der Waals surface area (Å²) in [5.74, 6) is -1.37. The number of ether oxygens (including phenoxy) is 1. The molecule has 0 saturated carbocycles. The first-order valence-corrected chi connectivity index (χ1v) is 12.3. The first-order valence-electron chi connectivity index (χ1n) is 12.3. The van der Waals surface area contributed by atoms with Gasteiger partial charge in [-0.3, -0.25) is 20.2 Å². The molecule has 0 aliphatic carbocycles. The van der Waals surface area contributed by atoms with E-state index >= 15 is 4.39 Å². The highest BCUT2D eigenvalue weighted by Crippen LogP contribution is 2.49. The number of nitrogens with one attached hydrogen (secondary N) is 2. The van der Waals surface area contributed by atoms with E-state index in [9.17, 15) is 14.4 Å². The van der Waals surface area contributed by atoms with Gasteiger partial charge in [-0.1, -0.05) is 18.0 Å². The number of morpholine rings is 1. The second-order valence-corrected chi connectivity index (χ2v) is 10.1. The monoisotopic (exact) mass is 485 g/mol. The number of hydrogen-bond donors (Lipinski definition) is 2. The van der Waals surface area contributed by atoms with Crippen LogP contribution in [0.3, 0.4) is 0 Å². The van der Waals surface area contributed by atoms with Crippen LogP contribution in [0.25, 0.3) is 11.0 Å². The normalized spacial score (nSPS) is 28.4. The van der Waals surface area contributed by atoms with E-state index in [1.807, 2.05) is 6.92 Å². The molecule has 35 heavy (non-hydrogen) atoms. The Morgan fingerprint density at radius 3 is 2.46 bits per heavy atom. The summed E-state index contributed by atoms with van der Waals surface area (Å²) in [7, 11) is 0. The number of anilines is 2. The molecule has 0 bridgehead atoms. The number of urea groups is 1. The molecule has 186 valence electrons. The summed E-state index contributed by atoms with van der Waals surface area (Å²) in [6.07, 6.45) is 3.39. The van der Waals surface area contributed by atoms with Crippen LogP contribution in [0.4, 0.5) is 20.7 Å². The molecular weight excluding hydrogens is 457 g/mol. The first-order chi connectivity index (χ1) is 16.8. The number of nitrogens with zero attached hydrogens (tertiary/aromatic N) is 3. The van der Waals surface area contributed by atoms with Crippen LogP contribution in [0.1, 0.15) is 45.1 Å². The largest absolute Gasteiger partial charge is 0.372 e. The molecule has 2 aromatic rings. The van der Waals surface area contributed by atoms with Crippen molar-refractivity contribution in [2.24, 2.45) is 5.41 Å². The van der Waals surface area contributed by atoms with Gasteiger partial charge in [0, 0.05) is 26.1 Å². The average molecular weight is 486 g/mol. The predicted molar refractivity (Wildman–Crippen MR) is 124 cm³/mol. The van der Waals surface area contributed by atoms with Crippen molar-refractivity contribution in [2.75, 3.05) is 29.4 Å². The van der Waals surface area contributed by atoms with Crippen molar-refractivity contribution in [1.82, 2.24) is 15.8 Å². The van der Waals surface area contributed by atoms with Crippen LogP contribution in [0, 0.1) is 11.2 Å². The molecular formula is C24H28FN5O5. The number of imide groups is 2. The molecule has 3 atom stereocenters. The molecule has 6 rings (SSSR count). The predicted octanol–water partition coefficient (Wildman–Crippen LogP) is 2.24. The van der Waals surface area contributed by atoms with E-state index in [0.717, 1.165) is 38.8 Å². The molecule has 3 saturated heterocycles. The van der Waals surface area contributed by atoms with Gasteiger partial charge in [0.2, 0.25) is 17.4 Å². The van der Waals surface area contributed by atoms with Gasteiger partial charge in [-0.2, -0.15) is 0 Å². The van der Waals surface area contributed by atoms with E-state index in [2.05, 4.69) is 20.7 Å². The Balaban J connectivity index is 1.54. The fourth-order valence-electron chi connectivity index (χ4n) is 6.45. The van der Waals surface area contributed by atoms with Crippen molar-refractivity contribution in [3.05, 3.63) is 17.4 Å². The molecule has 0 radical (unpaired) electrons. The first kappa shape index (κ1) is 22.3. The minimum atomic E-state index is -1.65. The van der Waals surface area contributed by atoms with Gasteiger partial charge in [-0.05, 0) is 38.3 Å². The van der Waals surface area contributed by atoms with Crippen LogP contribution in [0.15, 0.2) is 10.6 Å². The highest BCUT2D eigenvalue weighted by molar-refractivity contribution is 6.20. The summed E-state index contributed by atoms with van der Waals surface area (Å²) < 4.78 is 27.7. The van der Waals surface area contributed by atoms with Gasteiger partial charge >= 0.3 is 6.03 Å². The lowest BCUT2D eigenvalue weighted by molar-refractivity contribution is -0.153. The van der Waals surface area contributed by atoms with E-state index in [1.54, 1.807) is 17.9 Å². The zero-order valence-corrected chi connectivity index (χ0v) is 19.7. The molecule has 1 spiro atoms. The maximum atomic E-state index is 16.2. The third-order valence-corrected chi connectivity index (χ3v) is 7.85. The lowest BCUT2D eigenvalue weighted by Gasteiger charge is -2.55.